The number of carbonyl (C=O) groups excluding carboxylic acids is 1. The highest BCUT2D eigenvalue weighted by atomic mass is 16.5. The zero-order valence-electron chi connectivity index (χ0n) is 14.4. The van der Waals surface area contributed by atoms with Crippen LogP contribution >= 0.6 is 0 Å². The lowest BCUT2D eigenvalue weighted by Gasteiger charge is -2.12. The molecule has 0 spiro atoms. The molecule has 128 valence electrons. The van der Waals surface area contributed by atoms with E-state index in [1.165, 1.54) is 0 Å². The van der Waals surface area contributed by atoms with Gasteiger partial charge in [-0.1, -0.05) is 24.3 Å². The van der Waals surface area contributed by atoms with Gasteiger partial charge < -0.3 is 20.1 Å². The third kappa shape index (κ3) is 5.19. The second-order valence-electron chi connectivity index (χ2n) is 5.52. The first-order valence-electron chi connectivity index (χ1n) is 7.94. The summed E-state index contributed by atoms with van der Waals surface area (Å²) in [4.78, 5) is 11.8. The molecule has 0 aliphatic carbocycles. The molecule has 0 heterocycles. The van der Waals surface area contributed by atoms with E-state index in [9.17, 15) is 4.79 Å². The molecule has 2 aromatic carbocycles. The highest BCUT2D eigenvalue weighted by Gasteiger charge is 2.03. The van der Waals surface area contributed by atoms with Crippen molar-refractivity contribution in [1.29, 1.82) is 0 Å². The molecule has 24 heavy (non-hydrogen) atoms. The van der Waals surface area contributed by atoms with E-state index in [0.717, 1.165) is 34.6 Å². The Labute approximate surface area is 143 Å². The summed E-state index contributed by atoms with van der Waals surface area (Å²) in [7, 11) is 1.64. The number of hydrogen-bond acceptors (Lipinski definition) is 3. The smallest absolute Gasteiger partial charge is 0.317 e. The Bertz CT molecular complexity index is 669. The van der Waals surface area contributed by atoms with Crippen LogP contribution in [0.5, 0.6) is 11.5 Å². The first kappa shape index (κ1) is 17.7. The number of methoxy groups -OCH3 is 1. The van der Waals surface area contributed by atoms with Gasteiger partial charge in [0.05, 0.1) is 7.11 Å². The third-order valence-electron chi connectivity index (χ3n) is 3.87. The van der Waals surface area contributed by atoms with Crippen molar-refractivity contribution in [3.63, 3.8) is 0 Å². The predicted molar refractivity (Wildman–Crippen MR) is 94.6 cm³/mol. The largest absolute Gasteiger partial charge is 0.497 e. The number of aryl methyl sites for hydroxylation is 1. The zero-order chi connectivity index (χ0) is 17.4. The maximum absolute atomic E-state index is 11.8. The number of rotatable bonds is 7. The third-order valence-corrected chi connectivity index (χ3v) is 3.87. The minimum Gasteiger partial charge on any atom is -0.497 e. The average Bonchev–Trinajstić information content (AvgIpc) is 2.59. The standard InChI is InChI=1S/C19H24N2O3/c1-14-5-4-6-18(15(14)2)24-13-21-19(22)20-12-11-16-7-9-17(23-3)10-8-16/h4-10H,11-13H2,1-3H3,(H2,20,21,22). The highest BCUT2D eigenvalue weighted by molar-refractivity contribution is 5.73. The fourth-order valence-electron chi connectivity index (χ4n) is 2.23. The molecule has 2 aromatic rings. The van der Waals surface area contributed by atoms with Gasteiger partial charge in [-0.05, 0) is 55.2 Å². The lowest BCUT2D eigenvalue weighted by Crippen LogP contribution is -2.38. The summed E-state index contributed by atoms with van der Waals surface area (Å²) in [5, 5.41) is 5.50. The van der Waals surface area contributed by atoms with Gasteiger partial charge in [-0.3, -0.25) is 0 Å². The number of carbonyl (C=O) groups is 1. The Balaban J connectivity index is 1.67. The molecule has 0 radical (unpaired) electrons. The molecule has 5 heteroatoms. The number of urea groups is 1. The second-order valence-corrected chi connectivity index (χ2v) is 5.52. The summed E-state index contributed by atoms with van der Waals surface area (Å²) in [6.07, 6.45) is 0.759. The van der Waals surface area contributed by atoms with Crippen LogP contribution in [0.3, 0.4) is 0 Å². The van der Waals surface area contributed by atoms with Crippen LogP contribution in [-0.2, 0) is 6.42 Å². The SMILES string of the molecule is COc1ccc(CCNC(=O)NCOc2cccc(C)c2C)cc1. The number of hydrogen-bond donors (Lipinski definition) is 2. The molecule has 0 bridgehead atoms. The maximum Gasteiger partial charge on any atom is 0.317 e. The first-order valence-corrected chi connectivity index (χ1v) is 7.94. The van der Waals surface area contributed by atoms with Gasteiger partial charge in [0.2, 0.25) is 0 Å². The van der Waals surface area contributed by atoms with Crippen molar-refractivity contribution >= 4 is 6.03 Å². The molecule has 0 fully saturated rings. The van der Waals surface area contributed by atoms with Crippen LogP contribution in [0.15, 0.2) is 42.5 Å². The van der Waals surface area contributed by atoms with Crippen LogP contribution in [0.1, 0.15) is 16.7 Å². The van der Waals surface area contributed by atoms with E-state index in [-0.39, 0.29) is 12.8 Å². The van der Waals surface area contributed by atoms with Gasteiger partial charge in [0.25, 0.3) is 0 Å². The van der Waals surface area contributed by atoms with Crippen molar-refractivity contribution in [3.8, 4) is 11.5 Å². The fourth-order valence-corrected chi connectivity index (χ4v) is 2.23. The van der Waals surface area contributed by atoms with Crippen molar-refractivity contribution < 1.29 is 14.3 Å². The van der Waals surface area contributed by atoms with Gasteiger partial charge in [-0.15, -0.1) is 0 Å². The number of ether oxygens (including phenoxy) is 2. The summed E-state index contributed by atoms with van der Waals surface area (Å²) in [5.41, 5.74) is 3.39. The lowest BCUT2D eigenvalue weighted by molar-refractivity contribution is 0.224. The molecular weight excluding hydrogens is 304 g/mol. The molecule has 2 amide bonds. The molecule has 0 atom stereocenters. The zero-order valence-corrected chi connectivity index (χ0v) is 14.4. The van der Waals surface area contributed by atoms with Crippen LogP contribution in [0.25, 0.3) is 0 Å². The topological polar surface area (TPSA) is 59.6 Å². The van der Waals surface area contributed by atoms with Crippen molar-refractivity contribution in [1.82, 2.24) is 10.6 Å². The van der Waals surface area contributed by atoms with Gasteiger partial charge in [-0.2, -0.15) is 0 Å². The van der Waals surface area contributed by atoms with Crippen LogP contribution in [-0.4, -0.2) is 26.4 Å². The maximum atomic E-state index is 11.8. The van der Waals surface area contributed by atoms with Gasteiger partial charge in [0.15, 0.2) is 6.73 Å². The summed E-state index contributed by atoms with van der Waals surface area (Å²) < 4.78 is 10.7. The minimum atomic E-state index is -0.242. The Kier molecular flexibility index (Phi) is 6.49. The Morgan fingerprint density at radius 3 is 2.50 bits per heavy atom. The molecule has 0 aliphatic heterocycles. The van der Waals surface area contributed by atoms with Crippen molar-refractivity contribution in [2.45, 2.75) is 20.3 Å². The predicted octanol–water partition coefficient (Wildman–Crippen LogP) is 3.19. The molecule has 0 aliphatic rings. The molecule has 0 saturated carbocycles. The van der Waals surface area contributed by atoms with Gasteiger partial charge in [-0.25, -0.2) is 4.79 Å². The van der Waals surface area contributed by atoms with E-state index < -0.39 is 0 Å². The molecule has 5 nitrogen and oxygen atoms in total. The van der Waals surface area contributed by atoms with E-state index in [0.29, 0.717) is 6.54 Å². The minimum absolute atomic E-state index is 0.138. The molecular formula is C19H24N2O3. The lowest BCUT2D eigenvalue weighted by atomic mass is 10.1. The Hall–Kier alpha value is -2.69. The fraction of sp³-hybridized carbons (Fsp3) is 0.316. The van der Waals surface area contributed by atoms with Crippen molar-refractivity contribution in [2.24, 2.45) is 0 Å². The van der Waals surface area contributed by atoms with E-state index in [1.807, 2.05) is 56.3 Å². The summed E-state index contributed by atoms with van der Waals surface area (Å²) >= 11 is 0. The number of nitrogens with one attached hydrogen (secondary N) is 2. The number of benzene rings is 2. The second kappa shape index (κ2) is 8.82. The van der Waals surface area contributed by atoms with E-state index in [4.69, 9.17) is 9.47 Å². The van der Waals surface area contributed by atoms with Crippen LogP contribution in [0.4, 0.5) is 4.79 Å². The monoisotopic (exact) mass is 328 g/mol. The quantitative estimate of drug-likeness (QED) is 0.768. The van der Waals surface area contributed by atoms with Gasteiger partial charge >= 0.3 is 6.03 Å². The van der Waals surface area contributed by atoms with Crippen molar-refractivity contribution in [3.05, 3.63) is 59.2 Å². The number of amides is 2. The molecule has 0 saturated heterocycles. The first-order chi connectivity index (χ1) is 11.6. The molecule has 0 unspecified atom stereocenters. The summed E-state index contributed by atoms with van der Waals surface area (Å²) in [6.45, 7) is 4.72. The molecule has 2 rings (SSSR count). The van der Waals surface area contributed by atoms with Crippen LogP contribution in [0.2, 0.25) is 0 Å². The normalized spacial score (nSPS) is 10.1. The molecule has 2 N–H and O–H groups in total. The van der Waals surface area contributed by atoms with Crippen LogP contribution in [0, 0.1) is 13.8 Å². The summed E-state index contributed by atoms with van der Waals surface area (Å²) in [5.74, 6) is 1.61. The average molecular weight is 328 g/mol. The Morgan fingerprint density at radius 1 is 1.04 bits per heavy atom. The van der Waals surface area contributed by atoms with E-state index in [2.05, 4.69) is 10.6 Å². The van der Waals surface area contributed by atoms with E-state index in [1.54, 1.807) is 7.11 Å². The Morgan fingerprint density at radius 2 is 1.79 bits per heavy atom. The molecule has 0 aromatic heterocycles. The van der Waals surface area contributed by atoms with Gasteiger partial charge in [0.1, 0.15) is 11.5 Å². The van der Waals surface area contributed by atoms with E-state index >= 15 is 0 Å². The summed E-state index contributed by atoms with van der Waals surface area (Å²) in [6, 6.07) is 13.4. The highest BCUT2D eigenvalue weighted by Crippen LogP contribution is 2.19. The van der Waals surface area contributed by atoms with Gasteiger partial charge in [0, 0.05) is 6.54 Å². The van der Waals surface area contributed by atoms with Crippen molar-refractivity contribution in [2.75, 3.05) is 20.4 Å². The van der Waals surface area contributed by atoms with Crippen LogP contribution < -0.4 is 20.1 Å².